The molecule has 2 N–H and O–H groups in total. The Morgan fingerprint density at radius 1 is 0.875 bits per heavy atom. The molecule has 0 amide bonds. The summed E-state index contributed by atoms with van der Waals surface area (Å²) in [5.74, 6) is 0. The predicted octanol–water partition coefficient (Wildman–Crippen LogP) is 5.73. The molecule has 0 aliphatic heterocycles. The maximum atomic E-state index is 6.20. The highest BCUT2D eigenvalue weighted by Gasteiger charge is 2.04. The van der Waals surface area contributed by atoms with Gasteiger partial charge < -0.3 is 5.73 Å². The summed E-state index contributed by atoms with van der Waals surface area (Å²) in [7, 11) is 0. The minimum absolute atomic E-state index is 0.291. The van der Waals surface area contributed by atoms with Gasteiger partial charge in [0.1, 0.15) is 0 Å². The van der Waals surface area contributed by atoms with Crippen LogP contribution in [-0.2, 0) is 12.8 Å². The molecule has 24 heavy (non-hydrogen) atoms. The van der Waals surface area contributed by atoms with E-state index in [4.69, 9.17) is 5.73 Å². The van der Waals surface area contributed by atoms with Crippen LogP contribution in [0.3, 0.4) is 0 Å². The summed E-state index contributed by atoms with van der Waals surface area (Å²) in [6.07, 6.45) is 9.29. The van der Waals surface area contributed by atoms with Crippen molar-refractivity contribution in [1.82, 2.24) is 4.98 Å². The average Bonchev–Trinajstić information content (AvgIpc) is 2.64. The average molecular weight is 329 g/mol. The van der Waals surface area contributed by atoms with Gasteiger partial charge >= 0.3 is 0 Å². The molecule has 2 heteroatoms. The van der Waals surface area contributed by atoms with Gasteiger partial charge in [0.2, 0.25) is 0 Å². The first kappa shape index (κ1) is 22.3. The van der Waals surface area contributed by atoms with Crippen LogP contribution in [0.15, 0.2) is 48.8 Å². The van der Waals surface area contributed by atoms with Crippen LogP contribution < -0.4 is 5.73 Å². The molecule has 0 bridgehead atoms. The van der Waals surface area contributed by atoms with E-state index in [1.165, 1.54) is 16.7 Å². The van der Waals surface area contributed by atoms with Crippen molar-refractivity contribution in [3.63, 3.8) is 0 Å². The summed E-state index contributed by atoms with van der Waals surface area (Å²) in [5, 5.41) is 0. The molecule has 1 unspecified atom stereocenters. The topological polar surface area (TPSA) is 38.9 Å². The second-order valence-electron chi connectivity index (χ2n) is 5.55. The maximum Gasteiger partial charge on any atom is 0.0300 e. The van der Waals surface area contributed by atoms with E-state index in [1.54, 1.807) is 0 Å². The van der Waals surface area contributed by atoms with Crippen molar-refractivity contribution in [2.24, 2.45) is 5.73 Å². The molecular formula is C22H36N2. The van der Waals surface area contributed by atoms with Gasteiger partial charge in [0.15, 0.2) is 0 Å². The minimum Gasteiger partial charge on any atom is -0.328 e. The molecular weight excluding hydrogens is 292 g/mol. The molecule has 0 spiro atoms. The van der Waals surface area contributed by atoms with E-state index in [0.717, 1.165) is 32.1 Å². The molecule has 2 aromatic rings. The van der Waals surface area contributed by atoms with E-state index in [9.17, 15) is 0 Å². The van der Waals surface area contributed by atoms with Gasteiger partial charge in [0, 0.05) is 18.4 Å². The molecule has 0 aliphatic rings. The van der Waals surface area contributed by atoms with Crippen molar-refractivity contribution in [1.29, 1.82) is 0 Å². The summed E-state index contributed by atoms with van der Waals surface area (Å²) in [4.78, 5) is 4.22. The van der Waals surface area contributed by atoms with E-state index in [2.05, 4.69) is 48.3 Å². The Bertz CT molecular complexity index is 508. The monoisotopic (exact) mass is 328 g/mol. The summed E-state index contributed by atoms with van der Waals surface area (Å²) < 4.78 is 0. The van der Waals surface area contributed by atoms with Gasteiger partial charge in [-0.25, -0.2) is 0 Å². The summed E-state index contributed by atoms with van der Waals surface area (Å²) in [6, 6.07) is 13.1. The van der Waals surface area contributed by atoms with Gasteiger partial charge in [-0.1, -0.05) is 64.1 Å². The van der Waals surface area contributed by atoms with Gasteiger partial charge in [-0.05, 0) is 55.7 Å². The van der Waals surface area contributed by atoms with E-state index in [-0.39, 0.29) is 0 Å². The van der Waals surface area contributed by atoms with Gasteiger partial charge in [-0.15, -0.1) is 0 Å². The fraction of sp³-hybridized carbons (Fsp3) is 0.500. The van der Waals surface area contributed by atoms with E-state index < -0.39 is 0 Å². The SMILES string of the molecule is CC.CC.Cc1cncc(CCC(N)CCCc2ccccc2)c1. The third-order valence-electron chi connectivity index (χ3n) is 3.62. The molecule has 0 aliphatic carbocycles. The number of aromatic nitrogens is 1. The molecule has 2 nitrogen and oxygen atoms in total. The zero-order chi connectivity index (χ0) is 18.2. The Kier molecular flexibility index (Phi) is 13.9. The number of aryl methyl sites for hydroxylation is 3. The molecule has 2 rings (SSSR count). The van der Waals surface area contributed by atoms with Crippen LogP contribution >= 0.6 is 0 Å². The third kappa shape index (κ3) is 10.2. The van der Waals surface area contributed by atoms with E-state index in [1.807, 2.05) is 40.1 Å². The fourth-order valence-electron chi connectivity index (χ4n) is 2.46. The summed E-state index contributed by atoms with van der Waals surface area (Å²) in [6.45, 7) is 10.1. The second kappa shape index (κ2) is 14.9. The second-order valence-corrected chi connectivity index (χ2v) is 5.55. The standard InChI is InChI=1S/C18H24N2.2C2H6/c1-15-12-17(14-20-13-15)10-11-18(19)9-5-8-16-6-3-2-4-7-16;2*1-2/h2-4,6-7,12-14,18H,5,8-11,19H2,1H3;2*1-2H3. The van der Waals surface area contributed by atoms with Gasteiger partial charge in [0.25, 0.3) is 0 Å². The smallest absolute Gasteiger partial charge is 0.0300 e. The summed E-state index contributed by atoms with van der Waals surface area (Å²) >= 11 is 0. The normalized spacial score (nSPS) is 10.8. The van der Waals surface area contributed by atoms with Crippen molar-refractivity contribution in [3.8, 4) is 0 Å². The molecule has 0 saturated carbocycles. The Balaban J connectivity index is 0.00000123. The van der Waals surface area contributed by atoms with Crippen molar-refractivity contribution < 1.29 is 0 Å². The third-order valence-corrected chi connectivity index (χ3v) is 3.62. The fourth-order valence-corrected chi connectivity index (χ4v) is 2.46. The van der Waals surface area contributed by atoms with Gasteiger partial charge in [-0.3, -0.25) is 4.98 Å². The number of hydrogen-bond acceptors (Lipinski definition) is 2. The van der Waals surface area contributed by atoms with Crippen molar-refractivity contribution in [2.75, 3.05) is 0 Å². The molecule has 1 aromatic heterocycles. The number of nitrogens with zero attached hydrogens (tertiary/aromatic N) is 1. The number of pyridine rings is 1. The van der Waals surface area contributed by atoms with Crippen LogP contribution in [-0.4, -0.2) is 11.0 Å². The molecule has 0 radical (unpaired) electrons. The quantitative estimate of drug-likeness (QED) is 0.705. The van der Waals surface area contributed by atoms with Gasteiger partial charge in [-0.2, -0.15) is 0 Å². The molecule has 1 heterocycles. The molecule has 0 fully saturated rings. The van der Waals surface area contributed by atoms with Crippen molar-refractivity contribution in [3.05, 3.63) is 65.5 Å². The van der Waals surface area contributed by atoms with Crippen molar-refractivity contribution in [2.45, 2.75) is 72.8 Å². The van der Waals surface area contributed by atoms with Crippen LogP contribution in [0.2, 0.25) is 0 Å². The molecule has 134 valence electrons. The van der Waals surface area contributed by atoms with Crippen LogP contribution in [0.5, 0.6) is 0 Å². The first-order chi connectivity index (χ1) is 11.7. The number of hydrogen-bond donors (Lipinski definition) is 1. The lowest BCUT2D eigenvalue weighted by atomic mass is 10.00. The first-order valence-electron chi connectivity index (χ1n) is 9.44. The highest BCUT2D eigenvalue weighted by atomic mass is 14.6. The highest BCUT2D eigenvalue weighted by Crippen LogP contribution is 2.10. The van der Waals surface area contributed by atoms with Gasteiger partial charge in [0.05, 0.1) is 0 Å². The Hall–Kier alpha value is -1.67. The lowest BCUT2D eigenvalue weighted by molar-refractivity contribution is 0.545. The van der Waals surface area contributed by atoms with Crippen LogP contribution in [0.4, 0.5) is 0 Å². The van der Waals surface area contributed by atoms with E-state index in [0.29, 0.717) is 6.04 Å². The van der Waals surface area contributed by atoms with Crippen LogP contribution in [0.1, 0.15) is 63.6 Å². The Morgan fingerprint density at radius 3 is 2.17 bits per heavy atom. The van der Waals surface area contributed by atoms with Crippen molar-refractivity contribution >= 4 is 0 Å². The number of nitrogens with two attached hydrogens (primary N) is 1. The number of benzene rings is 1. The van der Waals surface area contributed by atoms with E-state index >= 15 is 0 Å². The zero-order valence-corrected chi connectivity index (χ0v) is 16.3. The molecule has 1 aromatic carbocycles. The minimum atomic E-state index is 0.291. The zero-order valence-electron chi connectivity index (χ0n) is 16.3. The predicted molar refractivity (Wildman–Crippen MR) is 107 cm³/mol. The Labute approximate surface area is 149 Å². The largest absolute Gasteiger partial charge is 0.328 e. The Morgan fingerprint density at radius 2 is 1.54 bits per heavy atom. The van der Waals surface area contributed by atoms with Crippen LogP contribution in [0, 0.1) is 6.92 Å². The molecule has 0 saturated heterocycles. The lowest BCUT2D eigenvalue weighted by Gasteiger charge is -2.11. The lowest BCUT2D eigenvalue weighted by Crippen LogP contribution is -2.20. The number of rotatable bonds is 7. The highest BCUT2D eigenvalue weighted by molar-refractivity contribution is 5.17. The summed E-state index contributed by atoms with van der Waals surface area (Å²) in [5.41, 5.74) is 10.1. The molecule has 1 atom stereocenters. The van der Waals surface area contributed by atoms with Crippen LogP contribution in [0.25, 0.3) is 0 Å². The maximum absolute atomic E-state index is 6.20. The first-order valence-corrected chi connectivity index (χ1v) is 9.44.